The molecule has 1 aromatic rings. The van der Waals surface area contributed by atoms with Crippen molar-refractivity contribution in [3.8, 4) is 0 Å². The lowest BCUT2D eigenvalue weighted by Gasteiger charge is -2.21. The summed E-state index contributed by atoms with van der Waals surface area (Å²) < 4.78 is 31.3. The summed E-state index contributed by atoms with van der Waals surface area (Å²) in [4.78, 5) is 15.1. The molecule has 0 aliphatic heterocycles. The van der Waals surface area contributed by atoms with E-state index in [1.165, 1.54) is 18.3 Å². The van der Waals surface area contributed by atoms with Crippen molar-refractivity contribution in [2.75, 3.05) is 18.7 Å². The van der Waals surface area contributed by atoms with Gasteiger partial charge in [0.25, 0.3) is 0 Å². The number of amides is 1. The monoisotopic (exact) mass is 309 g/mol. The maximum absolute atomic E-state index is 13.2. The number of hydrazine groups is 1. The summed E-state index contributed by atoms with van der Waals surface area (Å²) in [6.07, 6.45) is 1.34. The van der Waals surface area contributed by atoms with E-state index >= 15 is 0 Å². The van der Waals surface area contributed by atoms with Crippen LogP contribution in [0, 0.1) is 0 Å². The zero-order chi connectivity index (χ0) is 13.1. The average Bonchev–Trinajstić information content (AvgIpc) is 2.28. The van der Waals surface area contributed by atoms with Gasteiger partial charge in [0.2, 0.25) is 0 Å². The SMILES string of the molecule is COCC(F)(F)C(=O)N(N)c1ccc(Br)cn1. The summed E-state index contributed by atoms with van der Waals surface area (Å²) in [7, 11) is 1.07. The molecular weight excluding hydrogens is 300 g/mol. The van der Waals surface area contributed by atoms with Gasteiger partial charge in [-0.2, -0.15) is 8.78 Å². The van der Waals surface area contributed by atoms with Crippen LogP contribution < -0.4 is 10.9 Å². The van der Waals surface area contributed by atoms with Crippen molar-refractivity contribution in [2.45, 2.75) is 5.92 Å². The summed E-state index contributed by atoms with van der Waals surface area (Å²) in [6.45, 7) is -1.03. The standard InChI is InChI=1S/C9H10BrF2N3O2/c1-17-5-9(11,12)8(16)15(13)7-3-2-6(10)4-14-7/h2-4H,5,13H2,1H3. The molecule has 17 heavy (non-hydrogen) atoms. The maximum atomic E-state index is 13.2. The van der Waals surface area contributed by atoms with Crippen LogP contribution >= 0.6 is 15.9 Å². The fourth-order valence-electron chi connectivity index (χ4n) is 1.03. The molecule has 1 heterocycles. The average molecular weight is 310 g/mol. The quantitative estimate of drug-likeness (QED) is 0.517. The molecule has 0 atom stereocenters. The van der Waals surface area contributed by atoms with Crippen LogP contribution in [0.15, 0.2) is 22.8 Å². The molecule has 5 nitrogen and oxygen atoms in total. The van der Waals surface area contributed by atoms with Gasteiger partial charge in [-0.1, -0.05) is 0 Å². The summed E-state index contributed by atoms with van der Waals surface area (Å²) >= 11 is 3.12. The predicted molar refractivity (Wildman–Crippen MR) is 60.4 cm³/mol. The minimum Gasteiger partial charge on any atom is -0.378 e. The first kappa shape index (κ1) is 13.9. The molecule has 0 aliphatic rings. The second-order valence-electron chi connectivity index (χ2n) is 3.15. The number of methoxy groups -OCH3 is 1. The number of rotatable bonds is 4. The first-order valence-corrected chi connectivity index (χ1v) is 5.25. The van der Waals surface area contributed by atoms with E-state index in [2.05, 4.69) is 25.7 Å². The van der Waals surface area contributed by atoms with Crippen LogP contribution in [0.2, 0.25) is 0 Å². The minimum absolute atomic E-state index is 0.0750. The van der Waals surface area contributed by atoms with Gasteiger partial charge in [0, 0.05) is 17.8 Å². The fraction of sp³-hybridized carbons (Fsp3) is 0.333. The number of hydrogen-bond acceptors (Lipinski definition) is 4. The van der Waals surface area contributed by atoms with Gasteiger partial charge >= 0.3 is 11.8 Å². The molecule has 0 spiro atoms. The van der Waals surface area contributed by atoms with E-state index in [9.17, 15) is 13.6 Å². The molecule has 1 amide bonds. The molecule has 0 bridgehead atoms. The Morgan fingerprint density at radius 2 is 2.29 bits per heavy atom. The zero-order valence-corrected chi connectivity index (χ0v) is 10.4. The van der Waals surface area contributed by atoms with E-state index in [1.54, 1.807) is 0 Å². The van der Waals surface area contributed by atoms with Crippen molar-refractivity contribution in [3.63, 3.8) is 0 Å². The van der Waals surface area contributed by atoms with Gasteiger partial charge in [0.15, 0.2) is 0 Å². The number of carbonyl (C=O) groups excluding carboxylic acids is 1. The van der Waals surface area contributed by atoms with Crippen molar-refractivity contribution in [1.29, 1.82) is 0 Å². The lowest BCUT2D eigenvalue weighted by Crippen LogP contribution is -2.50. The first-order valence-electron chi connectivity index (χ1n) is 4.46. The van der Waals surface area contributed by atoms with Crippen LogP contribution in [-0.2, 0) is 9.53 Å². The predicted octanol–water partition coefficient (Wildman–Crippen LogP) is 1.33. The van der Waals surface area contributed by atoms with Crippen molar-refractivity contribution in [3.05, 3.63) is 22.8 Å². The number of nitrogens with zero attached hydrogens (tertiary/aromatic N) is 2. The number of alkyl halides is 2. The highest BCUT2D eigenvalue weighted by molar-refractivity contribution is 9.10. The number of ether oxygens (including phenoxy) is 1. The normalized spacial score (nSPS) is 11.4. The number of carbonyl (C=O) groups is 1. The van der Waals surface area contributed by atoms with Crippen LogP contribution in [0.25, 0.3) is 0 Å². The molecule has 2 N–H and O–H groups in total. The maximum Gasteiger partial charge on any atom is 0.349 e. The third-order valence-corrected chi connectivity index (χ3v) is 2.28. The molecule has 0 saturated carbocycles. The van der Waals surface area contributed by atoms with E-state index in [1.807, 2.05) is 0 Å². The Hall–Kier alpha value is -1.12. The molecular formula is C9H10BrF2N3O2. The Bertz CT molecular complexity index is 400. The van der Waals surface area contributed by atoms with Crippen LogP contribution in [0.1, 0.15) is 0 Å². The molecule has 0 aromatic carbocycles. The lowest BCUT2D eigenvalue weighted by atomic mass is 10.3. The fourth-order valence-corrected chi connectivity index (χ4v) is 1.27. The molecule has 0 fully saturated rings. The van der Waals surface area contributed by atoms with Crippen LogP contribution in [0.5, 0.6) is 0 Å². The third kappa shape index (κ3) is 3.42. The topological polar surface area (TPSA) is 68.5 Å². The summed E-state index contributed by atoms with van der Waals surface area (Å²) in [5.74, 6) is -0.0567. The van der Waals surface area contributed by atoms with Crippen molar-refractivity contribution < 1.29 is 18.3 Å². The Morgan fingerprint density at radius 3 is 2.76 bits per heavy atom. The minimum atomic E-state index is -3.68. The first-order chi connectivity index (χ1) is 7.88. The Morgan fingerprint density at radius 1 is 1.65 bits per heavy atom. The van der Waals surface area contributed by atoms with Gasteiger partial charge < -0.3 is 4.74 Å². The van der Waals surface area contributed by atoms with E-state index < -0.39 is 18.4 Å². The van der Waals surface area contributed by atoms with Crippen molar-refractivity contribution >= 4 is 27.7 Å². The van der Waals surface area contributed by atoms with Crippen LogP contribution in [0.3, 0.4) is 0 Å². The van der Waals surface area contributed by atoms with Gasteiger partial charge in [-0.25, -0.2) is 15.8 Å². The van der Waals surface area contributed by atoms with E-state index in [0.29, 0.717) is 9.48 Å². The van der Waals surface area contributed by atoms with Gasteiger partial charge in [0.05, 0.1) is 0 Å². The molecule has 0 radical (unpaired) electrons. The van der Waals surface area contributed by atoms with Crippen molar-refractivity contribution in [2.24, 2.45) is 5.84 Å². The molecule has 1 rings (SSSR count). The number of hydrogen-bond donors (Lipinski definition) is 1. The smallest absolute Gasteiger partial charge is 0.349 e. The Labute approximate surface area is 105 Å². The number of halogens is 3. The number of aromatic nitrogens is 1. The van der Waals surface area contributed by atoms with Gasteiger partial charge in [-0.15, -0.1) is 0 Å². The van der Waals surface area contributed by atoms with Crippen molar-refractivity contribution in [1.82, 2.24) is 4.98 Å². The molecule has 8 heteroatoms. The lowest BCUT2D eigenvalue weighted by molar-refractivity contribution is -0.149. The second kappa shape index (κ2) is 5.48. The van der Waals surface area contributed by atoms with Crippen LogP contribution in [0.4, 0.5) is 14.6 Å². The van der Waals surface area contributed by atoms with Crippen LogP contribution in [-0.4, -0.2) is 30.5 Å². The molecule has 0 aliphatic carbocycles. The van der Waals surface area contributed by atoms with Gasteiger partial charge in [-0.05, 0) is 28.1 Å². The number of anilines is 1. The summed E-state index contributed by atoms with van der Waals surface area (Å²) in [6, 6.07) is 2.87. The Balaban J connectivity index is 2.86. The second-order valence-corrected chi connectivity index (χ2v) is 4.06. The van der Waals surface area contributed by atoms with E-state index in [4.69, 9.17) is 5.84 Å². The molecule has 0 saturated heterocycles. The van der Waals surface area contributed by atoms with E-state index in [-0.39, 0.29) is 5.82 Å². The van der Waals surface area contributed by atoms with Gasteiger partial charge in [-0.3, -0.25) is 4.79 Å². The molecule has 94 valence electrons. The third-order valence-electron chi connectivity index (χ3n) is 1.82. The summed E-state index contributed by atoms with van der Waals surface area (Å²) in [5, 5.41) is 0.297. The largest absolute Gasteiger partial charge is 0.378 e. The number of nitrogens with two attached hydrogens (primary N) is 1. The molecule has 1 aromatic heterocycles. The highest BCUT2D eigenvalue weighted by Gasteiger charge is 2.42. The summed E-state index contributed by atoms with van der Waals surface area (Å²) in [5.41, 5.74) is 0. The highest BCUT2D eigenvalue weighted by atomic mass is 79.9. The van der Waals surface area contributed by atoms with Gasteiger partial charge in [0.1, 0.15) is 12.4 Å². The Kier molecular flexibility index (Phi) is 4.49. The zero-order valence-electron chi connectivity index (χ0n) is 8.86. The number of pyridine rings is 1. The van der Waals surface area contributed by atoms with E-state index in [0.717, 1.165) is 7.11 Å². The molecule has 0 unspecified atom stereocenters. The highest BCUT2D eigenvalue weighted by Crippen LogP contribution is 2.20.